The molecule has 0 amide bonds. The molecule has 2 aromatic carbocycles. The zero-order valence-electron chi connectivity index (χ0n) is 24.7. The van der Waals surface area contributed by atoms with Crippen molar-refractivity contribution in [2.24, 2.45) is 11.8 Å². The topological polar surface area (TPSA) is 0 Å². The van der Waals surface area contributed by atoms with Gasteiger partial charge in [0.05, 0.1) is 0 Å². The SMILES string of the molecule is CC.CC.CC/C(=C(/C)CC(C)CC)c1cc(Cl)ccc1C.CCC(C)CCc1ccc(F)cc1. The molecule has 35 heavy (non-hydrogen) atoms. The van der Waals surface area contributed by atoms with Crippen LogP contribution in [-0.2, 0) is 6.42 Å². The van der Waals surface area contributed by atoms with Gasteiger partial charge in [0.25, 0.3) is 0 Å². The van der Waals surface area contributed by atoms with E-state index in [2.05, 4.69) is 60.6 Å². The summed E-state index contributed by atoms with van der Waals surface area (Å²) in [6, 6.07) is 13.0. The molecular formula is C33H54ClF. The highest BCUT2D eigenvalue weighted by atomic mass is 35.5. The summed E-state index contributed by atoms with van der Waals surface area (Å²) in [4.78, 5) is 0. The van der Waals surface area contributed by atoms with Gasteiger partial charge in [0.1, 0.15) is 5.82 Å². The van der Waals surface area contributed by atoms with Crippen LogP contribution in [-0.4, -0.2) is 0 Å². The quantitative estimate of drug-likeness (QED) is 0.318. The second kappa shape index (κ2) is 21.7. The Balaban J connectivity index is 0. The van der Waals surface area contributed by atoms with Gasteiger partial charge in [-0.3, -0.25) is 0 Å². The Morgan fingerprint density at radius 3 is 1.89 bits per heavy atom. The van der Waals surface area contributed by atoms with Gasteiger partial charge in [-0.2, -0.15) is 0 Å². The molecule has 0 heterocycles. The number of rotatable bonds is 9. The van der Waals surface area contributed by atoms with E-state index in [1.807, 2.05) is 45.9 Å². The molecule has 0 aliphatic carbocycles. The van der Waals surface area contributed by atoms with Crippen LogP contribution in [0.3, 0.4) is 0 Å². The summed E-state index contributed by atoms with van der Waals surface area (Å²) in [6.45, 7) is 23.7. The fraction of sp³-hybridized carbons (Fsp3) is 0.576. The third-order valence-electron chi connectivity index (χ3n) is 6.28. The Morgan fingerprint density at radius 1 is 0.857 bits per heavy atom. The predicted molar refractivity (Wildman–Crippen MR) is 160 cm³/mol. The summed E-state index contributed by atoms with van der Waals surface area (Å²) in [5.74, 6) is 1.38. The highest BCUT2D eigenvalue weighted by Gasteiger charge is 2.10. The highest BCUT2D eigenvalue weighted by Crippen LogP contribution is 2.30. The summed E-state index contributed by atoms with van der Waals surface area (Å²) in [6.07, 6.45) is 6.98. The van der Waals surface area contributed by atoms with Crippen molar-refractivity contribution in [2.75, 3.05) is 0 Å². The lowest BCUT2D eigenvalue weighted by molar-refractivity contribution is 0.516. The van der Waals surface area contributed by atoms with Crippen LogP contribution < -0.4 is 0 Å². The fourth-order valence-corrected chi connectivity index (χ4v) is 3.87. The van der Waals surface area contributed by atoms with E-state index in [-0.39, 0.29) is 5.82 Å². The van der Waals surface area contributed by atoms with Crippen molar-refractivity contribution in [3.05, 3.63) is 75.6 Å². The maximum atomic E-state index is 12.6. The van der Waals surface area contributed by atoms with Crippen LogP contribution in [0.4, 0.5) is 4.39 Å². The van der Waals surface area contributed by atoms with E-state index >= 15 is 0 Å². The standard InChI is InChI=1S/C17H25Cl.C12H17F.2C2H6/c1-6-12(3)10-14(5)16(7-2)17-11-15(18)9-8-13(17)4;1-3-10(2)4-5-11-6-8-12(13)9-7-11;2*1-2/h8-9,11-12H,6-7,10H2,1-5H3;6-10H,3-5H2,1-2H3;2*1-2H3/b16-14+;;;. The summed E-state index contributed by atoms with van der Waals surface area (Å²) in [7, 11) is 0. The minimum Gasteiger partial charge on any atom is -0.207 e. The Labute approximate surface area is 223 Å². The van der Waals surface area contributed by atoms with Crippen LogP contribution in [0.15, 0.2) is 48.0 Å². The van der Waals surface area contributed by atoms with Gasteiger partial charge in [-0.05, 0) is 97.9 Å². The van der Waals surface area contributed by atoms with Crippen molar-refractivity contribution in [2.45, 2.75) is 115 Å². The van der Waals surface area contributed by atoms with E-state index in [0.717, 1.165) is 29.7 Å². The van der Waals surface area contributed by atoms with Crippen molar-refractivity contribution in [3.63, 3.8) is 0 Å². The van der Waals surface area contributed by atoms with Crippen molar-refractivity contribution in [1.29, 1.82) is 0 Å². The molecule has 0 nitrogen and oxygen atoms in total. The second-order valence-corrected chi connectivity index (χ2v) is 9.40. The molecule has 0 saturated carbocycles. The fourth-order valence-electron chi connectivity index (χ4n) is 3.70. The zero-order valence-corrected chi connectivity index (χ0v) is 25.5. The van der Waals surface area contributed by atoms with Crippen molar-refractivity contribution < 1.29 is 4.39 Å². The molecule has 2 aromatic rings. The molecule has 0 radical (unpaired) electrons. The number of hydrogen-bond donors (Lipinski definition) is 0. The molecule has 2 heteroatoms. The molecule has 2 unspecified atom stereocenters. The third kappa shape index (κ3) is 15.2. The predicted octanol–water partition coefficient (Wildman–Crippen LogP) is 12.1. The molecule has 0 N–H and O–H groups in total. The summed E-state index contributed by atoms with van der Waals surface area (Å²) in [5.41, 5.74) is 6.86. The first kappa shape index (κ1) is 35.6. The highest BCUT2D eigenvalue weighted by molar-refractivity contribution is 6.30. The van der Waals surface area contributed by atoms with Gasteiger partial charge in [0.2, 0.25) is 0 Å². The first-order valence-electron chi connectivity index (χ1n) is 13.9. The molecule has 200 valence electrons. The van der Waals surface area contributed by atoms with E-state index in [1.54, 1.807) is 0 Å². The summed E-state index contributed by atoms with van der Waals surface area (Å²) in [5, 5.41) is 0.831. The van der Waals surface area contributed by atoms with Crippen LogP contribution in [0.1, 0.15) is 118 Å². The average molecular weight is 505 g/mol. The molecule has 2 rings (SSSR count). The Hall–Kier alpha value is -1.60. The first-order valence-corrected chi connectivity index (χ1v) is 14.3. The normalized spacial score (nSPS) is 12.5. The van der Waals surface area contributed by atoms with Gasteiger partial charge in [0.15, 0.2) is 0 Å². The van der Waals surface area contributed by atoms with Crippen LogP contribution in [0, 0.1) is 24.6 Å². The van der Waals surface area contributed by atoms with Crippen LogP contribution >= 0.6 is 11.6 Å². The van der Waals surface area contributed by atoms with Gasteiger partial charge >= 0.3 is 0 Å². The average Bonchev–Trinajstić information content (AvgIpc) is 2.88. The van der Waals surface area contributed by atoms with Crippen molar-refractivity contribution in [1.82, 2.24) is 0 Å². The lowest BCUT2D eigenvalue weighted by atomic mass is 9.90. The molecule has 0 aromatic heterocycles. The van der Waals surface area contributed by atoms with E-state index < -0.39 is 0 Å². The Morgan fingerprint density at radius 2 is 1.40 bits per heavy atom. The molecule has 2 atom stereocenters. The Bertz CT molecular complexity index is 804. The van der Waals surface area contributed by atoms with Crippen molar-refractivity contribution in [3.8, 4) is 0 Å². The number of halogens is 2. The van der Waals surface area contributed by atoms with E-state index in [4.69, 9.17) is 11.6 Å². The van der Waals surface area contributed by atoms with Crippen LogP contribution in [0.2, 0.25) is 5.02 Å². The van der Waals surface area contributed by atoms with Crippen LogP contribution in [0.5, 0.6) is 0 Å². The van der Waals surface area contributed by atoms with Crippen molar-refractivity contribution >= 4 is 17.2 Å². The smallest absolute Gasteiger partial charge is 0.123 e. The molecule has 0 aliphatic rings. The monoisotopic (exact) mass is 504 g/mol. The summed E-state index contributed by atoms with van der Waals surface area (Å²) >= 11 is 6.13. The third-order valence-corrected chi connectivity index (χ3v) is 6.52. The van der Waals surface area contributed by atoms with E-state index in [1.165, 1.54) is 65.7 Å². The molecule has 0 bridgehead atoms. The lowest BCUT2D eigenvalue weighted by Crippen LogP contribution is -1.98. The zero-order chi connectivity index (χ0) is 27.4. The molecule has 0 fully saturated rings. The van der Waals surface area contributed by atoms with Gasteiger partial charge < -0.3 is 0 Å². The van der Waals surface area contributed by atoms with Gasteiger partial charge in [-0.25, -0.2) is 4.39 Å². The van der Waals surface area contributed by atoms with Gasteiger partial charge in [0, 0.05) is 5.02 Å². The number of hydrogen-bond acceptors (Lipinski definition) is 0. The maximum absolute atomic E-state index is 12.6. The minimum absolute atomic E-state index is 0.146. The lowest BCUT2D eigenvalue weighted by Gasteiger charge is -2.16. The van der Waals surface area contributed by atoms with Gasteiger partial charge in [-0.15, -0.1) is 0 Å². The second-order valence-electron chi connectivity index (χ2n) is 8.97. The molecular weight excluding hydrogens is 451 g/mol. The number of benzene rings is 2. The molecule has 0 aliphatic heterocycles. The number of aryl methyl sites for hydroxylation is 2. The largest absolute Gasteiger partial charge is 0.207 e. The van der Waals surface area contributed by atoms with Gasteiger partial charge in [-0.1, -0.05) is 111 Å². The minimum atomic E-state index is -0.146. The van der Waals surface area contributed by atoms with E-state index in [0.29, 0.717) is 0 Å². The van der Waals surface area contributed by atoms with E-state index in [9.17, 15) is 4.39 Å². The maximum Gasteiger partial charge on any atom is 0.123 e. The molecule has 0 spiro atoms. The number of allylic oxidation sites excluding steroid dienone is 2. The Kier molecular flexibility index (Phi) is 22.0. The summed E-state index contributed by atoms with van der Waals surface area (Å²) < 4.78 is 12.6. The molecule has 0 saturated heterocycles. The first-order chi connectivity index (χ1) is 16.7. The van der Waals surface area contributed by atoms with Crippen LogP contribution in [0.25, 0.3) is 5.57 Å².